The summed E-state index contributed by atoms with van der Waals surface area (Å²) in [6.45, 7) is 5.49. The van der Waals surface area contributed by atoms with Crippen molar-refractivity contribution in [2.45, 2.75) is 25.5 Å². The number of nitrogens with zero attached hydrogens (tertiary/aromatic N) is 3. The zero-order chi connectivity index (χ0) is 23.3. The predicted molar refractivity (Wildman–Crippen MR) is 129 cm³/mol. The molecule has 0 aliphatic carbocycles. The van der Waals surface area contributed by atoms with E-state index >= 15 is 0 Å². The van der Waals surface area contributed by atoms with Gasteiger partial charge in [0.15, 0.2) is 11.5 Å². The third kappa shape index (κ3) is 5.24. The molecule has 0 saturated carbocycles. The van der Waals surface area contributed by atoms with Crippen molar-refractivity contribution in [3.05, 3.63) is 53.7 Å². The Kier molecular flexibility index (Phi) is 7.08. The molecule has 2 aliphatic rings. The molecule has 2 aromatic carbocycles. The number of hydrogen-bond acceptors (Lipinski definition) is 8. The summed E-state index contributed by atoms with van der Waals surface area (Å²) < 4.78 is 16.5. The van der Waals surface area contributed by atoms with Crippen LogP contribution in [0.4, 0.5) is 0 Å². The molecule has 34 heavy (non-hydrogen) atoms. The van der Waals surface area contributed by atoms with Crippen molar-refractivity contribution in [2.75, 3.05) is 46.5 Å². The van der Waals surface area contributed by atoms with E-state index in [0.717, 1.165) is 55.2 Å². The Morgan fingerprint density at radius 2 is 2.09 bits per heavy atom. The van der Waals surface area contributed by atoms with Gasteiger partial charge in [0.1, 0.15) is 13.2 Å². The number of piperidine rings is 1. The number of aromatic nitrogens is 2. The summed E-state index contributed by atoms with van der Waals surface area (Å²) >= 11 is 0. The van der Waals surface area contributed by atoms with E-state index in [1.807, 2.05) is 24.3 Å². The van der Waals surface area contributed by atoms with E-state index in [4.69, 9.17) is 14.2 Å². The van der Waals surface area contributed by atoms with E-state index in [1.165, 1.54) is 12.0 Å². The van der Waals surface area contributed by atoms with Gasteiger partial charge in [0, 0.05) is 25.2 Å². The van der Waals surface area contributed by atoms with Crippen molar-refractivity contribution < 1.29 is 19.3 Å². The predicted octanol–water partition coefficient (Wildman–Crippen LogP) is 2.94. The van der Waals surface area contributed by atoms with Gasteiger partial charge >= 0.3 is 0 Å². The van der Waals surface area contributed by atoms with Gasteiger partial charge in [-0.2, -0.15) is 0 Å². The topological polar surface area (TPSA) is 89.0 Å². The van der Waals surface area contributed by atoms with Gasteiger partial charge in [-0.25, -0.2) is 9.97 Å². The number of likely N-dealkylation sites (tertiary alicyclic amines) is 1. The number of aliphatic hydroxyl groups excluding tert-OH is 1. The number of β-amino-alcohol motifs (C(OH)–C–C–N with tert-alkyl or cyclic N) is 1. The summed E-state index contributed by atoms with van der Waals surface area (Å²) in [7, 11) is 1.57. The molecule has 180 valence electrons. The number of methoxy groups -OCH3 is 1. The second kappa shape index (κ2) is 10.5. The van der Waals surface area contributed by atoms with Crippen LogP contribution < -0.4 is 19.5 Å². The minimum absolute atomic E-state index is 0.453. The SMILES string of the molecule is COc1cnc2cccc(C(O)CN3CCCC(CNCc4ccc5c(c4)OCCO5)C3)c2n1. The van der Waals surface area contributed by atoms with E-state index in [0.29, 0.717) is 37.1 Å². The fraction of sp³-hybridized carbons (Fsp3) is 0.462. The number of para-hydroxylation sites is 1. The van der Waals surface area contributed by atoms with E-state index in [9.17, 15) is 5.11 Å². The summed E-state index contributed by atoms with van der Waals surface area (Å²) in [6.07, 6.45) is 3.30. The molecular weight excluding hydrogens is 432 g/mol. The van der Waals surface area contributed by atoms with Gasteiger partial charge in [0.2, 0.25) is 5.88 Å². The molecule has 2 aliphatic heterocycles. The molecule has 3 aromatic rings. The zero-order valence-corrected chi connectivity index (χ0v) is 19.6. The molecule has 2 N–H and O–H groups in total. The van der Waals surface area contributed by atoms with Crippen molar-refractivity contribution in [1.29, 1.82) is 0 Å². The molecule has 1 fully saturated rings. The Morgan fingerprint density at radius 3 is 2.97 bits per heavy atom. The van der Waals surface area contributed by atoms with Crippen molar-refractivity contribution in [3.8, 4) is 17.4 Å². The monoisotopic (exact) mass is 464 g/mol. The number of ether oxygens (including phenoxy) is 3. The van der Waals surface area contributed by atoms with Crippen LogP contribution in [0.15, 0.2) is 42.6 Å². The maximum absolute atomic E-state index is 11.1. The highest BCUT2D eigenvalue weighted by Crippen LogP contribution is 2.31. The smallest absolute Gasteiger partial charge is 0.232 e. The summed E-state index contributed by atoms with van der Waals surface area (Å²) in [5, 5.41) is 14.7. The number of benzene rings is 2. The highest BCUT2D eigenvalue weighted by atomic mass is 16.6. The first-order valence-corrected chi connectivity index (χ1v) is 12.0. The molecule has 8 nitrogen and oxygen atoms in total. The minimum atomic E-state index is -0.630. The number of aliphatic hydroxyl groups is 1. The first kappa shape index (κ1) is 22.8. The second-order valence-corrected chi connectivity index (χ2v) is 9.02. The average Bonchev–Trinajstić information content (AvgIpc) is 2.88. The Bertz CT molecular complexity index is 1130. The third-order valence-corrected chi connectivity index (χ3v) is 6.55. The van der Waals surface area contributed by atoms with Crippen LogP contribution in [0, 0.1) is 5.92 Å². The van der Waals surface area contributed by atoms with Crippen LogP contribution in [0.1, 0.15) is 30.1 Å². The molecule has 0 radical (unpaired) electrons. The maximum atomic E-state index is 11.1. The molecule has 1 aromatic heterocycles. The standard InChI is InChI=1S/C26H32N4O4/c1-32-25-15-28-21-6-2-5-20(26(21)29-25)22(31)17-30-9-3-4-19(16-30)14-27-13-18-7-8-23-24(12-18)34-11-10-33-23/h2,5-8,12,15,19,22,27,31H,3-4,9-11,13-14,16-17H2,1H3. The molecule has 8 heteroatoms. The highest BCUT2D eigenvalue weighted by molar-refractivity contribution is 5.78. The zero-order valence-electron chi connectivity index (χ0n) is 19.6. The summed E-state index contributed by atoms with van der Waals surface area (Å²) in [5.41, 5.74) is 3.45. The van der Waals surface area contributed by atoms with Crippen molar-refractivity contribution in [2.24, 2.45) is 5.92 Å². The van der Waals surface area contributed by atoms with Crippen molar-refractivity contribution in [1.82, 2.24) is 20.2 Å². The van der Waals surface area contributed by atoms with Crippen LogP contribution in [0.2, 0.25) is 0 Å². The van der Waals surface area contributed by atoms with Crippen LogP contribution in [-0.2, 0) is 6.54 Å². The first-order valence-electron chi connectivity index (χ1n) is 12.0. The lowest BCUT2D eigenvalue weighted by molar-refractivity contribution is 0.0848. The number of rotatable bonds is 8. The van der Waals surface area contributed by atoms with Gasteiger partial charge in [0.25, 0.3) is 0 Å². The maximum Gasteiger partial charge on any atom is 0.232 e. The van der Waals surface area contributed by atoms with E-state index in [1.54, 1.807) is 13.3 Å². The van der Waals surface area contributed by atoms with Gasteiger partial charge < -0.3 is 29.5 Å². The Labute approximate surface area is 199 Å². The van der Waals surface area contributed by atoms with E-state index in [-0.39, 0.29) is 0 Å². The van der Waals surface area contributed by atoms with Crippen molar-refractivity contribution in [3.63, 3.8) is 0 Å². The highest BCUT2D eigenvalue weighted by Gasteiger charge is 2.23. The van der Waals surface area contributed by atoms with Gasteiger partial charge in [-0.3, -0.25) is 0 Å². The van der Waals surface area contributed by atoms with Crippen LogP contribution in [0.5, 0.6) is 17.4 Å². The number of fused-ring (bicyclic) bond motifs is 2. The molecule has 0 bridgehead atoms. The van der Waals surface area contributed by atoms with Gasteiger partial charge in [-0.05, 0) is 55.6 Å². The Morgan fingerprint density at radius 1 is 1.21 bits per heavy atom. The molecular formula is C26H32N4O4. The quantitative estimate of drug-likeness (QED) is 0.526. The lowest BCUT2D eigenvalue weighted by Crippen LogP contribution is -2.41. The van der Waals surface area contributed by atoms with Gasteiger partial charge in [0.05, 0.1) is 30.4 Å². The largest absolute Gasteiger partial charge is 0.486 e. The van der Waals surface area contributed by atoms with E-state index < -0.39 is 6.10 Å². The fourth-order valence-corrected chi connectivity index (χ4v) is 4.85. The number of hydrogen-bond donors (Lipinski definition) is 2. The van der Waals surface area contributed by atoms with Crippen LogP contribution in [0.25, 0.3) is 11.0 Å². The average molecular weight is 465 g/mol. The normalized spacial score (nSPS) is 19.2. The summed E-state index contributed by atoms with van der Waals surface area (Å²) in [6, 6.07) is 11.9. The summed E-state index contributed by atoms with van der Waals surface area (Å²) in [4.78, 5) is 11.3. The molecule has 5 rings (SSSR count). The minimum Gasteiger partial charge on any atom is -0.486 e. The van der Waals surface area contributed by atoms with Gasteiger partial charge in [-0.1, -0.05) is 18.2 Å². The molecule has 2 unspecified atom stereocenters. The second-order valence-electron chi connectivity index (χ2n) is 9.02. The molecule has 2 atom stereocenters. The van der Waals surface area contributed by atoms with Crippen LogP contribution in [0.3, 0.4) is 0 Å². The summed E-state index contributed by atoms with van der Waals surface area (Å²) in [5.74, 6) is 2.66. The Balaban J connectivity index is 1.15. The van der Waals surface area contributed by atoms with Gasteiger partial charge in [-0.15, -0.1) is 0 Å². The molecule has 1 saturated heterocycles. The molecule has 0 amide bonds. The third-order valence-electron chi connectivity index (χ3n) is 6.55. The van der Waals surface area contributed by atoms with Crippen molar-refractivity contribution >= 4 is 11.0 Å². The number of nitrogens with one attached hydrogen (secondary N) is 1. The lowest BCUT2D eigenvalue weighted by Gasteiger charge is -2.34. The molecule has 0 spiro atoms. The first-order chi connectivity index (χ1) is 16.7. The lowest BCUT2D eigenvalue weighted by atomic mass is 9.97. The van der Waals surface area contributed by atoms with Crippen LogP contribution in [-0.4, -0.2) is 66.5 Å². The molecule has 3 heterocycles. The Hall–Kier alpha value is -2.94. The van der Waals surface area contributed by atoms with Crippen LogP contribution >= 0.6 is 0 Å². The fourth-order valence-electron chi connectivity index (χ4n) is 4.85. The van der Waals surface area contributed by atoms with E-state index in [2.05, 4.69) is 32.3 Å².